The number of esters is 1. The van der Waals surface area contributed by atoms with Crippen LogP contribution in [0.2, 0.25) is 0 Å². The molecule has 0 amide bonds. The summed E-state index contributed by atoms with van der Waals surface area (Å²) in [6.07, 6.45) is 6.73. The largest absolute Gasteiger partial charge is 0.455 e. The fraction of sp³-hybridized carbons (Fsp3) is 0.857. The van der Waals surface area contributed by atoms with Crippen LogP contribution in [0.5, 0.6) is 0 Å². The zero-order valence-electron chi connectivity index (χ0n) is 27.0. The molecular formula is C35H52O8. The Morgan fingerprint density at radius 1 is 0.884 bits per heavy atom. The summed E-state index contributed by atoms with van der Waals surface area (Å²) >= 11 is 0. The SMILES string of the molecule is CC1(C)C(O[C@@H]2OC[C@H](O)[C@H](O)[C@H]2O)CC[C@]2(C)[C@H]3C=CC4=C5[C@]6(CC[C@](C)(OC6=O)[C@@]5(C)O)CC[C@@]4(C)[C@]3(C)CC[C@@H]12. The van der Waals surface area contributed by atoms with Gasteiger partial charge >= 0.3 is 5.97 Å². The number of aliphatic hydroxyl groups is 4. The van der Waals surface area contributed by atoms with E-state index in [-0.39, 0.29) is 40.3 Å². The third kappa shape index (κ3) is 3.52. The van der Waals surface area contributed by atoms with Gasteiger partial charge in [-0.25, -0.2) is 0 Å². The van der Waals surface area contributed by atoms with Gasteiger partial charge in [-0.1, -0.05) is 46.8 Å². The molecule has 0 aromatic rings. The molecule has 0 aromatic carbocycles. The van der Waals surface area contributed by atoms with Gasteiger partial charge in [0.2, 0.25) is 0 Å². The van der Waals surface area contributed by atoms with E-state index in [0.29, 0.717) is 18.3 Å². The topological polar surface area (TPSA) is 126 Å². The van der Waals surface area contributed by atoms with Crippen LogP contribution in [0.4, 0.5) is 0 Å². The third-order valence-electron chi connectivity index (χ3n) is 14.9. The quantitative estimate of drug-likeness (QED) is 0.275. The molecule has 4 N–H and O–H groups in total. The molecular weight excluding hydrogens is 548 g/mol. The smallest absolute Gasteiger partial charge is 0.317 e. The number of allylic oxidation sites excluding steroid dienone is 3. The summed E-state index contributed by atoms with van der Waals surface area (Å²) in [7, 11) is 0. The van der Waals surface area contributed by atoms with Crippen LogP contribution in [0.15, 0.2) is 23.3 Å². The number of rotatable bonds is 2. The lowest BCUT2D eigenvalue weighted by Crippen LogP contribution is -2.71. The Kier molecular flexibility index (Phi) is 6.32. The van der Waals surface area contributed by atoms with Gasteiger partial charge in [-0.3, -0.25) is 4.79 Å². The minimum Gasteiger partial charge on any atom is -0.455 e. The Labute approximate surface area is 255 Å². The summed E-state index contributed by atoms with van der Waals surface area (Å²) in [6, 6.07) is 0. The van der Waals surface area contributed by atoms with Gasteiger partial charge in [0.25, 0.3) is 0 Å². The van der Waals surface area contributed by atoms with Gasteiger partial charge in [-0.05, 0) is 110 Å². The zero-order valence-corrected chi connectivity index (χ0v) is 27.0. The first-order chi connectivity index (χ1) is 19.9. The molecule has 2 bridgehead atoms. The molecule has 0 aromatic heterocycles. The van der Waals surface area contributed by atoms with Gasteiger partial charge < -0.3 is 34.6 Å². The maximum absolute atomic E-state index is 13.5. The maximum atomic E-state index is 13.5. The molecule has 8 aliphatic rings. The van der Waals surface area contributed by atoms with Crippen LogP contribution in [0.1, 0.15) is 99.8 Å². The molecule has 8 nitrogen and oxygen atoms in total. The van der Waals surface area contributed by atoms with E-state index in [1.165, 1.54) is 5.57 Å². The summed E-state index contributed by atoms with van der Waals surface area (Å²) in [4.78, 5) is 13.5. The van der Waals surface area contributed by atoms with Crippen molar-refractivity contribution >= 4 is 5.97 Å². The van der Waals surface area contributed by atoms with E-state index in [2.05, 4.69) is 46.8 Å². The zero-order chi connectivity index (χ0) is 31.2. The van der Waals surface area contributed by atoms with Crippen molar-refractivity contribution in [3.63, 3.8) is 0 Å². The Bertz CT molecular complexity index is 1290. The lowest BCUT2D eigenvalue weighted by Gasteiger charge is -2.71. The van der Waals surface area contributed by atoms with E-state index in [1.807, 2.05) is 13.8 Å². The van der Waals surface area contributed by atoms with Crippen LogP contribution in [0, 0.1) is 38.9 Å². The van der Waals surface area contributed by atoms with Gasteiger partial charge in [-0.15, -0.1) is 0 Å². The number of hydrogen-bond donors (Lipinski definition) is 4. The van der Waals surface area contributed by atoms with Crippen molar-refractivity contribution in [2.75, 3.05) is 6.61 Å². The summed E-state index contributed by atoms with van der Waals surface area (Å²) in [5.41, 5.74) is -1.20. The van der Waals surface area contributed by atoms with Crippen LogP contribution < -0.4 is 0 Å². The lowest BCUT2D eigenvalue weighted by atomic mass is 9.35. The average Bonchev–Trinajstić information content (AvgIpc) is 2.92. The van der Waals surface area contributed by atoms with Crippen LogP contribution in [-0.2, 0) is 19.0 Å². The van der Waals surface area contributed by atoms with E-state index in [1.54, 1.807) is 0 Å². The van der Waals surface area contributed by atoms with Crippen LogP contribution >= 0.6 is 0 Å². The molecule has 3 saturated carbocycles. The predicted octanol–water partition coefficient (Wildman–Crippen LogP) is 4.18. The number of hydrogen-bond acceptors (Lipinski definition) is 8. The molecule has 3 aliphatic heterocycles. The normalized spacial score (nSPS) is 56.9. The first kappa shape index (κ1) is 30.4. The number of ether oxygens (including phenoxy) is 3. The van der Waals surface area contributed by atoms with Gasteiger partial charge in [0, 0.05) is 0 Å². The highest BCUT2D eigenvalue weighted by atomic mass is 16.7. The molecule has 8 heteroatoms. The summed E-state index contributed by atoms with van der Waals surface area (Å²) in [5, 5.41) is 42.9. The van der Waals surface area contributed by atoms with Crippen molar-refractivity contribution in [2.45, 2.75) is 142 Å². The van der Waals surface area contributed by atoms with E-state index in [9.17, 15) is 25.2 Å². The molecule has 240 valence electrons. The minimum atomic E-state index is -1.29. The van der Waals surface area contributed by atoms with E-state index in [0.717, 1.165) is 50.5 Å². The molecule has 13 atom stereocenters. The number of carbonyl (C=O) groups excluding carboxylic acids is 1. The predicted molar refractivity (Wildman–Crippen MR) is 158 cm³/mol. The highest BCUT2D eigenvalue weighted by Gasteiger charge is 2.73. The van der Waals surface area contributed by atoms with Crippen LogP contribution in [0.25, 0.3) is 0 Å². The molecule has 43 heavy (non-hydrogen) atoms. The summed E-state index contributed by atoms with van der Waals surface area (Å²) < 4.78 is 18.1. The lowest BCUT2D eigenvalue weighted by molar-refractivity contribution is -0.306. The first-order valence-corrected chi connectivity index (χ1v) is 16.6. The highest BCUT2D eigenvalue weighted by molar-refractivity contribution is 5.86. The monoisotopic (exact) mass is 600 g/mol. The van der Waals surface area contributed by atoms with Crippen molar-refractivity contribution in [3.05, 3.63) is 23.3 Å². The molecule has 1 unspecified atom stereocenters. The van der Waals surface area contributed by atoms with E-state index in [4.69, 9.17) is 14.2 Å². The highest BCUT2D eigenvalue weighted by Crippen LogP contribution is 2.75. The average molecular weight is 601 g/mol. The Balaban J connectivity index is 1.25. The van der Waals surface area contributed by atoms with E-state index >= 15 is 0 Å². The maximum Gasteiger partial charge on any atom is 0.317 e. The number of fused-ring (bicyclic) bond motifs is 7. The van der Waals surface area contributed by atoms with Crippen molar-refractivity contribution in [1.29, 1.82) is 0 Å². The minimum absolute atomic E-state index is 0.00193. The van der Waals surface area contributed by atoms with Gasteiger partial charge in [0.15, 0.2) is 6.29 Å². The van der Waals surface area contributed by atoms with Crippen LogP contribution in [-0.4, -0.2) is 74.9 Å². The molecule has 8 rings (SSSR count). The Morgan fingerprint density at radius 2 is 1.58 bits per heavy atom. The second-order valence-corrected chi connectivity index (χ2v) is 17.0. The molecule has 0 radical (unpaired) electrons. The second-order valence-electron chi connectivity index (χ2n) is 17.0. The molecule has 1 spiro atoms. The molecule has 6 fully saturated rings. The standard InChI is InChI=1S/C35H52O8/c1-29(2)21-10-13-32(5)22(30(21,3)12-11-23(29)42-27-25(38)24(37)20(36)18-41-27)9-8-19-26-34(7,40)33(6)15-17-35(26,28(39)43-33)16-14-31(19,32)4/h8-9,20-25,27,36-38,40H,10-18H2,1-7H3/t20-,21-,22+,23?,24-,25+,27-,30-,31+,32+,33-,34-,35+/m0/s1. The van der Waals surface area contributed by atoms with Gasteiger partial charge in [0.1, 0.15) is 29.5 Å². The summed E-state index contributed by atoms with van der Waals surface area (Å²) in [6.45, 7) is 15.6. The molecule has 3 saturated heterocycles. The first-order valence-electron chi connectivity index (χ1n) is 16.6. The van der Waals surface area contributed by atoms with Crippen molar-refractivity contribution in [3.8, 4) is 0 Å². The Hall–Kier alpha value is -1.29. The Morgan fingerprint density at radius 3 is 2.28 bits per heavy atom. The number of aliphatic hydroxyl groups excluding tert-OH is 3. The number of carbonyl (C=O) groups is 1. The van der Waals surface area contributed by atoms with Crippen molar-refractivity contribution in [1.82, 2.24) is 0 Å². The molecule has 5 aliphatic carbocycles. The second kappa shape index (κ2) is 8.95. The fourth-order valence-corrected chi connectivity index (χ4v) is 11.8. The van der Waals surface area contributed by atoms with Gasteiger partial charge in [0.05, 0.1) is 18.1 Å². The van der Waals surface area contributed by atoms with Crippen LogP contribution in [0.3, 0.4) is 0 Å². The van der Waals surface area contributed by atoms with Gasteiger partial charge in [-0.2, -0.15) is 0 Å². The van der Waals surface area contributed by atoms with E-state index < -0.39 is 41.2 Å². The molecule has 3 heterocycles. The van der Waals surface area contributed by atoms with Crippen molar-refractivity contribution < 1.29 is 39.4 Å². The summed E-state index contributed by atoms with van der Waals surface area (Å²) in [5.74, 6) is 0.514. The third-order valence-corrected chi connectivity index (χ3v) is 14.9. The van der Waals surface area contributed by atoms with Crippen molar-refractivity contribution in [2.24, 2.45) is 38.9 Å². The fourth-order valence-electron chi connectivity index (χ4n) is 11.8.